The van der Waals surface area contributed by atoms with Crippen LogP contribution in [-0.4, -0.2) is 34.5 Å². The van der Waals surface area contributed by atoms with Crippen LogP contribution in [0.25, 0.3) is 0 Å². The van der Waals surface area contributed by atoms with E-state index in [1.54, 1.807) is 12.4 Å². The van der Waals surface area contributed by atoms with Gasteiger partial charge in [-0.1, -0.05) is 30.3 Å². The lowest BCUT2D eigenvalue weighted by Crippen LogP contribution is -2.20. The molecule has 0 spiro atoms. The molecule has 0 aliphatic carbocycles. The molecule has 4 heteroatoms. The maximum atomic E-state index is 4.18. The van der Waals surface area contributed by atoms with E-state index in [0.29, 0.717) is 0 Å². The summed E-state index contributed by atoms with van der Waals surface area (Å²) in [5.74, 6) is 1.52. The zero-order chi connectivity index (χ0) is 14.3. The molecule has 0 amide bonds. The first-order valence-corrected chi connectivity index (χ1v) is 7.67. The number of likely N-dealkylation sites (tertiary alicyclic amines) is 1. The predicted molar refractivity (Wildman–Crippen MR) is 85.0 cm³/mol. The third kappa shape index (κ3) is 4.26. The summed E-state index contributed by atoms with van der Waals surface area (Å²) in [6.45, 7) is 4.44. The van der Waals surface area contributed by atoms with Crippen molar-refractivity contribution < 1.29 is 0 Å². The Kier molecular flexibility index (Phi) is 4.79. The minimum Gasteiger partial charge on any atom is -0.354 e. The molecule has 21 heavy (non-hydrogen) atoms. The molecule has 1 aliphatic heterocycles. The summed E-state index contributed by atoms with van der Waals surface area (Å²) in [6.07, 6.45) is 6.02. The van der Waals surface area contributed by atoms with Gasteiger partial charge in [0, 0.05) is 32.0 Å². The second-order valence-corrected chi connectivity index (χ2v) is 5.66. The van der Waals surface area contributed by atoms with Gasteiger partial charge >= 0.3 is 0 Å². The number of aromatic nitrogens is 2. The highest BCUT2D eigenvalue weighted by Gasteiger charge is 2.21. The number of benzene rings is 1. The summed E-state index contributed by atoms with van der Waals surface area (Å²) in [5, 5.41) is 3.30. The molecule has 1 saturated heterocycles. The lowest BCUT2D eigenvalue weighted by molar-refractivity contribution is 0.314. The minimum absolute atomic E-state index is 0.733. The van der Waals surface area contributed by atoms with Crippen LogP contribution in [0.2, 0.25) is 0 Å². The fourth-order valence-corrected chi connectivity index (χ4v) is 2.91. The quantitative estimate of drug-likeness (QED) is 0.884. The van der Waals surface area contributed by atoms with Gasteiger partial charge in [-0.05, 0) is 36.9 Å². The maximum absolute atomic E-state index is 4.18. The van der Waals surface area contributed by atoms with Gasteiger partial charge in [0.2, 0.25) is 5.95 Å². The van der Waals surface area contributed by atoms with Gasteiger partial charge in [0.25, 0.3) is 0 Å². The largest absolute Gasteiger partial charge is 0.354 e. The van der Waals surface area contributed by atoms with Gasteiger partial charge in [0.05, 0.1) is 0 Å². The van der Waals surface area contributed by atoms with E-state index in [1.165, 1.54) is 31.5 Å². The van der Waals surface area contributed by atoms with E-state index in [1.807, 2.05) is 6.07 Å². The molecule has 0 saturated carbocycles. The van der Waals surface area contributed by atoms with Crippen LogP contribution in [0, 0.1) is 5.92 Å². The van der Waals surface area contributed by atoms with Crippen molar-refractivity contribution in [2.45, 2.75) is 19.4 Å². The molecule has 4 nitrogen and oxygen atoms in total. The van der Waals surface area contributed by atoms with Crippen molar-refractivity contribution in [1.29, 1.82) is 0 Å². The van der Waals surface area contributed by atoms with Crippen LogP contribution in [0.3, 0.4) is 0 Å². The number of anilines is 1. The van der Waals surface area contributed by atoms with Crippen LogP contribution in [0.4, 0.5) is 5.95 Å². The zero-order valence-corrected chi connectivity index (χ0v) is 12.3. The molecule has 0 radical (unpaired) electrons. The van der Waals surface area contributed by atoms with Gasteiger partial charge in [-0.2, -0.15) is 0 Å². The first-order chi connectivity index (χ1) is 10.4. The molecular weight excluding hydrogens is 260 g/mol. The third-order valence-electron chi connectivity index (χ3n) is 4.02. The predicted octanol–water partition coefficient (Wildman–Crippen LogP) is 2.80. The number of nitrogens with one attached hydrogen (secondary N) is 1. The topological polar surface area (TPSA) is 41.0 Å². The molecule has 110 valence electrons. The van der Waals surface area contributed by atoms with Crippen LogP contribution in [-0.2, 0) is 6.54 Å². The summed E-state index contributed by atoms with van der Waals surface area (Å²) < 4.78 is 0. The minimum atomic E-state index is 0.733. The standard InChI is InChI=1S/C17H22N4/c1-2-5-15(6-3-1)13-21-12-8-16(14-21)7-11-20-17-18-9-4-10-19-17/h1-6,9-10,16H,7-8,11-14H2,(H,18,19,20)/t16-/m1/s1. The van der Waals surface area contributed by atoms with Crippen molar-refractivity contribution >= 4 is 5.95 Å². The number of nitrogens with zero attached hydrogens (tertiary/aromatic N) is 3. The van der Waals surface area contributed by atoms with Crippen molar-refractivity contribution in [2.24, 2.45) is 5.92 Å². The van der Waals surface area contributed by atoms with Crippen molar-refractivity contribution in [3.63, 3.8) is 0 Å². The van der Waals surface area contributed by atoms with E-state index in [9.17, 15) is 0 Å². The molecule has 2 heterocycles. The Morgan fingerprint density at radius 2 is 1.90 bits per heavy atom. The van der Waals surface area contributed by atoms with Crippen molar-refractivity contribution in [1.82, 2.24) is 14.9 Å². The number of hydrogen-bond acceptors (Lipinski definition) is 4. The average molecular weight is 282 g/mol. The van der Waals surface area contributed by atoms with Crippen LogP contribution in [0.1, 0.15) is 18.4 Å². The second-order valence-electron chi connectivity index (χ2n) is 5.66. The van der Waals surface area contributed by atoms with Gasteiger partial charge in [-0.25, -0.2) is 9.97 Å². The summed E-state index contributed by atoms with van der Waals surface area (Å²) in [4.78, 5) is 10.9. The highest BCUT2D eigenvalue weighted by atomic mass is 15.1. The SMILES string of the molecule is c1ccc(CN2CC[C@@H](CCNc3ncccn3)C2)cc1. The molecule has 1 fully saturated rings. The Labute approximate surface area is 126 Å². The molecule has 2 aromatic rings. The number of rotatable bonds is 6. The maximum Gasteiger partial charge on any atom is 0.222 e. The molecule has 1 N–H and O–H groups in total. The average Bonchev–Trinajstić information content (AvgIpc) is 2.97. The molecule has 1 aromatic carbocycles. The molecule has 0 bridgehead atoms. The Balaban J connectivity index is 1.39. The van der Waals surface area contributed by atoms with Crippen molar-refractivity contribution in [2.75, 3.05) is 25.0 Å². The van der Waals surface area contributed by atoms with E-state index < -0.39 is 0 Å². The Hall–Kier alpha value is -1.94. The lowest BCUT2D eigenvalue weighted by Gasteiger charge is -2.16. The highest BCUT2D eigenvalue weighted by molar-refractivity contribution is 5.21. The fourth-order valence-electron chi connectivity index (χ4n) is 2.91. The summed E-state index contributed by atoms with van der Waals surface area (Å²) in [5.41, 5.74) is 1.41. The molecule has 1 aromatic heterocycles. The van der Waals surface area contributed by atoms with Gasteiger partial charge in [-0.3, -0.25) is 4.90 Å². The number of hydrogen-bond donors (Lipinski definition) is 1. The molecule has 1 atom stereocenters. The van der Waals surface area contributed by atoms with Crippen molar-refractivity contribution in [3.8, 4) is 0 Å². The van der Waals surface area contributed by atoms with Crippen LogP contribution < -0.4 is 5.32 Å². The lowest BCUT2D eigenvalue weighted by atomic mass is 10.1. The summed E-state index contributed by atoms with van der Waals surface area (Å²) in [6, 6.07) is 12.6. The van der Waals surface area contributed by atoms with Gasteiger partial charge < -0.3 is 5.32 Å². The Morgan fingerprint density at radius 1 is 1.10 bits per heavy atom. The smallest absolute Gasteiger partial charge is 0.222 e. The second kappa shape index (κ2) is 7.18. The van der Waals surface area contributed by atoms with Crippen LogP contribution in [0.5, 0.6) is 0 Å². The Morgan fingerprint density at radius 3 is 2.71 bits per heavy atom. The van der Waals surface area contributed by atoms with Crippen LogP contribution in [0.15, 0.2) is 48.8 Å². The first-order valence-electron chi connectivity index (χ1n) is 7.67. The van der Waals surface area contributed by atoms with Gasteiger partial charge in [0.15, 0.2) is 0 Å². The van der Waals surface area contributed by atoms with Crippen molar-refractivity contribution in [3.05, 3.63) is 54.4 Å². The normalized spacial score (nSPS) is 18.8. The molecule has 1 aliphatic rings. The molecule has 0 unspecified atom stereocenters. The third-order valence-corrected chi connectivity index (χ3v) is 4.02. The van der Waals surface area contributed by atoms with E-state index >= 15 is 0 Å². The summed E-state index contributed by atoms with van der Waals surface area (Å²) >= 11 is 0. The van der Waals surface area contributed by atoms with E-state index in [0.717, 1.165) is 25.0 Å². The molecular formula is C17H22N4. The van der Waals surface area contributed by atoms with Crippen LogP contribution >= 0.6 is 0 Å². The van der Waals surface area contributed by atoms with E-state index in [4.69, 9.17) is 0 Å². The zero-order valence-electron chi connectivity index (χ0n) is 12.3. The summed E-state index contributed by atoms with van der Waals surface area (Å²) in [7, 11) is 0. The monoisotopic (exact) mass is 282 g/mol. The highest BCUT2D eigenvalue weighted by Crippen LogP contribution is 2.21. The van der Waals surface area contributed by atoms with E-state index in [-0.39, 0.29) is 0 Å². The van der Waals surface area contributed by atoms with Gasteiger partial charge in [0.1, 0.15) is 0 Å². The molecule has 3 rings (SSSR count). The fraction of sp³-hybridized carbons (Fsp3) is 0.412. The van der Waals surface area contributed by atoms with E-state index in [2.05, 4.69) is 50.5 Å². The Bertz CT molecular complexity index is 529. The van der Waals surface area contributed by atoms with Gasteiger partial charge in [-0.15, -0.1) is 0 Å². The first kappa shape index (κ1) is 14.0.